The van der Waals surface area contributed by atoms with Crippen molar-refractivity contribution >= 4 is 6.21 Å². The van der Waals surface area contributed by atoms with E-state index >= 15 is 0 Å². The van der Waals surface area contributed by atoms with Gasteiger partial charge in [0.25, 0.3) is 0 Å². The molecule has 0 spiro atoms. The predicted octanol–water partition coefficient (Wildman–Crippen LogP) is 2.42. The van der Waals surface area contributed by atoms with Crippen molar-refractivity contribution in [2.45, 2.75) is 6.54 Å². The van der Waals surface area contributed by atoms with Gasteiger partial charge in [0.2, 0.25) is 0 Å². The molecule has 0 unspecified atom stereocenters. The summed E-state index contributed by atoms with van der Waals surface area (Å²) in [5, 5.41) is 4.07. The minimum atomic E-state index is 0.595. The Morgan fingerprint density at radius 2 is 2.05 bits per heavy atom. The minimum absolute atomic E-state index is 0.595. The maximum atomic E-state index is 5.24. The molecule has 19 heavy (non-hydrogen) atoms. The fourth-order valence-electron chi connectivity index (χ4n) is 1.60. The van der Waals surface area contributed by atoms with Crippen molar-refractivity contribution in [3.8, 4) is 11.5 Å². The van der Waals surface area contributed by atoms with Gasteiger partial charge in [0, 0.05) is 0 Å². The lowest BCUT2D eigenvalue weighted by Crippen LogP contribution is -2.05. The lowest BCUT2D eigenvalue weighted by Gasteiger charge is -2.09. The van der Waals surface area contributed by atoms with Gasteiger partial charge < -0.3 is 19.3 Å². The summed E-state index contributed by atoms with van der Waals surface area (Å²) in [4.78, 5) is 0. The van der Waals surface area contributed by atoms with E-state index in [1.165, 1.54) is 0 Å². The highest BCUT2D eigenvalue weighted by atomic mass is 16.5. The zero-order valence-corrected chi connectivity index (χ0v) is 10.9. The van der Waals surface area contributed by atoms with Gasteiger partial charge in [0.1, 0.15) is 5.76 Å². The summed E-state index contributed by atoms with van der Waals surface area (Å²) in [6.07, 6.45) is 3.23. The molecule has 0 saturated carbocycles. The average molecular weight is 260 g/mol. The Labute approximate surface area is 111 Å². The summed E-state index contributed by atoms with van der Waals surface area (Å²) in [6, 6.07) is 9.38. The molecule has 0 aliphatic carbocycles. The van der Waals surface area contributed by atoms with Crippen molar-refractivity contribution in [2.24, 2.45) is 5.10 Å². The van der Waals surface area contributed by atoms with Crippen LogP contribution in [0.25, 0.3) is 0 Å². The molecule has 0 aliphatic heterocycles. The number of benzene rings is 1. The number of rotatable bonds is 6. The molecule has 0 bridgehead atoms. The maximum absolute atomic E-state index is 5.24. The first-order valence-corrected chi connectivity index (χ1v) is 5.84. The monoisotopic (exact) mass is 260 g/mol. The fourth-order valence-corrected chi connectivity index (χ4v) is 1.60. The quantitative estimate of drug-likeness (QED) is 0.640. The zero-order valence-electron chi connectivity index (χ0n) is 10.9. The van der Waals surface area contributed by atoms with Crippen LogP contribution in [0.2, 0.25) is 0 Å². The number of methoxy groups -OCH3 is 2. The van der Waals surface area contributed by atoms with Gasteiger partial charge in [-0.3, -0.25) is 0 Å². The predicted molar refractivity (Wildman–Crippen MR) is 72.7 cm³/mol. The number of hydrogen-bond donors (Lipinski definition) is 1. The molecule has 0 saturated heterocycles. The van der Waals surface area contributed by atoms with E-state index in [1.807, 2.05) is 30.3 Å². The Kier molecular flexibility index (Phi) is 4.44. The van der Waals surface area contributed by atoms with E-state index in [0.717, 1.165) is 5.56 Å². The SMILES string of the molecule is COc1ccc(CN/N=C/c2ccco2)cc1OC. The van der Waals surface area contributed by atoms with E-state index in [0.29, 0.717) is 23.8 Å². The van der Waals surface area contributed by atoms with Crippen LogP contribution in [0.3, 0.4) is 0 Å². The van der Waals surface area contributed by atoms with Crippen LogP contribution >= 0.6 is 0 Å². The van der Waals surface area contributed by atoms with Crippen LogP contribution in [0.4, 0.5) is 0 Å². The van der Waals surface area contributed by atoms with Gasteiger partial charge in [-0.1, -0.05) is 6.07 Å². The first-order valence-electron chi connectivity index (χ1n) is 5.84. The lowest BCUT2D eigenvalue weighted by molar-refractivity contribution is 0.354. The van der Waals surface area contributed by atoms with Crippen molar-refractivity contribution in [1.29, 1.82) is 0 Å². The van der Waals surface area contributed by atoms with Crippen LogP contribution in [0.1, 0.15) is 11.3 Å². The van der Waals surface area contributed by atoms with Gasteiger partial charge in [0.15, 0.2) is 11.5 Å². The molecule has 100 valence electrons. The van der Waals surface area contributed by atoms with E-state index in [-0.39, 0.29) is 0 Å². The number of furan rings is 1. The topological polar surface area (TPSA) is 56.0 Å². The lowest BCUT2D eigenvalue weighted by atomic mass is 10.2. The second-order valence-corrected chi connectivity index (χ2v) is 3.80. The molecule has 1 heterocycles. The first kappa shape index (κ1) is 13.0. The molecule has 5 nitrogen and oxygen atoms in total. The molecule has 0 radical (unpaired) electrons. The van der Waals surface area contributed by atoms with E-state index in [1.54, 1.807) is 26.7 Å². The van der Waals surface area contributed by atoms with Crippen LogP contribution in [-0.4, -0.2) is 20.4 Å². The van der Waals surface area contributed by atoms with E-state index in [4.69, 9.17) is 13.9 Å². The standard InChI is InChI=1S/C14H16N2O3/c1-17-13-6-5-11(8-14(13)18-2)9-15-16-10-12-4-3-7-19-12/h3-8,10,15H,9H2,1-2H3/b16-10+. The minimum Gasteiger partial charge on any atom is -0.493 e. The second-order valence-electron chi connectivity index (χ2n) is 3.80. The molecule has 1 N–H and O–H groups in total. The Hall–Kier alpha value is -2.43. The highest BCUT2D eigenvalue weighted by Crippen LogP contribution is 2.27. The molecule has 2 rings (SSSR count). The molecule has 0 fully saturated rings. The van der Waals surface area contributed by atoms with E-state index in [9.17, 15) is 0 Å². The van der Waals surface area contributed by atoms with Crippen molar-refractivity contribution in [2.75, 3.05) is 14.2 Å². The summed E-state index contributed by atoms with van der Waals surface area (Å²) in [5.41, 5.74) is 3.99. The van der Waals surface area contributed by atoms with Crippen molar-refractivity contribution in [3.05, 3.63) is 47.9 Å². The largest absolute Gasteiger partial charge is 0.493 e. The molecule has 5 heteroatoms. The normalized spacial score (nSPS) is 10.6. The van der Waals surface area contributed by atoms with Crippen LogP contribution in [0.15, 0.2) is 46.1 Å². The number of nitrogens with one attached hydrogen (secondary N) is 1. The second kappa shape index (κ2) is 6.49. The van der Waals surface area contributed by atoms with Crippen molar-refractivity contribution < 1.29 is 13.9 Å². The number of hydrogen-bond acceptors (Lipinski definition) is 5. The Balaban J connectivity index is 1.92. The van der Waals surface area contributed by atoms with Crippen LogP contribution in [0, 0.1) is 0 Å². The Morgan fingerprint density at radius 3 is 2.74 bits per heavy atom. The molecule has 2 aromatic rings. The molecular formula is C14H16N2O3. The van der Waals surface area contributed by atoms with Gasteiger partial charge in [0.05, 0.1) is 33.2 Å². The maximum Gasteiger partial charge on any atom is 0.161 e. The number of ether oxygens (including phenoxy) is 2. The smallest absolute Gasteiger partial charge is 0.161 e. The Morgan fingerprint density at radius 1 is 1.21 bits per heavy atom. The van der Waals surface area contributed by atoms with Crippen molar-refractivity contribution in [1.82, 2.24) is 5.43 Å². The van der Waals surface area contributed by atoms with Crippen LogP contribution in [-0.2, 0) is 6.54 Å². The summed E-state index contributed by atoms with van der Waals surface area (Å²) in [7, 11) is 3.23. The van der Waals surface area contributed by atoms with E-state index < -0.39 is 0 Å². The Bertz CT molecular complexity index is 536. The number of hydrazone groups is 1. The van der Waals surface area contributed by atoms with Gasteiger partial charge in [-0.2, -0.15) is 5.10 Å². The summed E-state index contributed by atoms with van der Waals surface area (Å²) in [5.74, 6) is 2.13. The molecule has 0 amide bonds. The molecule has 0 aliphatic rings. The van der Waals surface area contributed by atoms with Gasteiger partial charge in [-0.05, 0) is 29.8 Å². The highest BCUT2D eigenvalue weighted by molar-refractivity contribution is 5.75. The van der Waals surface area contributed by atoms with Crippen LogP contribution < -0.4 is 14.9 Å². The molecule has 1 aromatic carbocycles. The molecule has 1 aromatic heterocycles. The third-order valence-electron chi connectivity index (χ3n) is 2.56. The van der Waals surface area contributed by atoms with Gasteiger partial charge in [-0.25, -0.2) is 0 Å². The molecular weight excluding hydrogens is 244 g/mol. The highest BCUT2D eigenvalue weighted by Gasteiger charge is 2.03. The summed E-state index contributed by atoms with van der Waals surface area (Å²) in [6.45, 7) is 0.595. The van der Waals surface area contributed by atoms with Gasteiger partial charge in [-0.15, -0.1) is 0 Å². The third-order valence-corrected chi connectivity index (χ3v) is 2.56. The third kappa shape index (κ3) is 3.51. The first-order chi connectivity index (χ1) is 9.33. The van der Waals surface area contributed by atoms with Crippen molar-refractivity contribution in [3.63, 3.8) is 0 Å². The fraction of sp³-hybridized carbons (Fsp3) is 0.214. The van der Waals surface area contributed by atoms with Gasteiger partial charge >= 0.3 is 0 Å². The zero-order chi connectivity index (χ0) is 13.5. The van der Waals surface area contributed by atoms with E-state index in [2.05, 4.69) is 10.5 Å². The molecule has 0 atom stereocenters. The number of nitrogens with zero attached hydrogens (tertiary/aromatic N) is 1. The average Bonchev–Trinajstić information content (AvgIpc) is 2.96. The summed E-state index contributed by atoms with van der Waals surface area (Å²) < 4.78 is 15.5. The summed E-state index contributed by atoms with van der Waals surface area (Å²) >= 11 is 0. The van der Waals surface area contributed by atoms with Crippen LogP contribution in [0.5, 0.6) is 11.5 Å².